The molecule has 6 heteroatoms. The molecular formula is C17H34N4O2. The van der Waals surface area contributed by atoms with Crippen molar-refractivity contribution in [3.05, 3.63) is 0 Å². The molecule has 0 bridgehead atoms. The van der Waals surface area contributed by atoms with Crippen LogP contribution in [0.5, 0.6) is 0 Å². The number of rotatable bonds is 5. The molecule has 2 rings (SSSR count). The van der Waals surface area contributed by atoms with Gasteiger partial charge in [0.05, 0.1) is 25.9 Å². The number of hydrogen-bond acceptors (Lipinski definition) is 4. The Morgan fingerprint density at radius 2 is 2.09 bits per heavy atom. The molecule has 6 nitrogen and oxygen atoms in total. The predicted octanol–water partition coefficient (Wildman–Crippen LogP) is 0.954. The van der Waals surface area contributed by atoms with Gasteiger partial charge in [0.15, 0.2) is 5.96 Å². The average Bonchev–Trinajstić information content (AvgIpc) is 2.55. The maximum absolute atomic E-state index is 9.62. The van der Waals surface area contributed by atoms with Crippen LogP contribution in [0.25, 0.3) is 0 Å². The lowest BCUT2D eigenvalue weighted by Crippen LogP contribution is -2.50. The molecule has 1 aliphatic carbocycles. The van der Waals surface area contributed by atoms with E-state index in [-0.39, 0.29) is 6.10 Å². The minimum Gasteiger partial charge on any atom is -0.393 e. The molecule has 0 aromatic heterocycles. The molecule has 0 aromatic carbocycles. The van der Waals surface area contributed by atoms with Gasteiger partial charge in [-0.05, 0) is 46.5 Å². The second-order valence-electron chi connectivity index (χ2n) is 6.88. The van der Waals surface area contributed by atoms with Gasteiger partial charge in [-0.25, -0.2) is 0 Å². The fourth-order valence-corrected chi connectivity index (χ4v) is 3.46. The molecule has 1 aliphatic heterocycles. The zero-order valence-electron chi connectivity index (χ0n) is 14.9. The summed E-state index contributed by atoms with van der Waals surface area (Å²) in [5.74, 6) is 0.904. The quantitative estimate of drug-likeness (QED) is 0.518. The van der Waals surface area contributed by atoms with Crippen LogP contribution in [0.3, 0.4) is 0 Å². The summed E-state index contributed by atoms with van der Waals surface area (Å²) >= 11 is 0. The van der Waals surface area contributed by atoms with E-state index in [4.69, 9.17) is 9.73 Å². The SMILES string of the molecule is CCNC(=NCC(C)N1CCOCC1C)NC1CCC(O)CC1. The van der Waals surface area contributed by atoms with Crippen molar-refractivity contribution in [2.24, 2.45) is 4.99 Å². The Hall–Kier alpha value is -0.850. The van der Waals surface area contributed by atoms with Crippen LogP contribution >= 0.6 is 0 Å². The summed E-state index contributed by atoms with van der Waals surface area (Å²) in [4.78, 5) is 7.27. The summed E-state index contributed by atoms with van der Waals surface area (Å²) in [5, 5.41) is 16.5. The van der Waals surface area contributed by atoms with Crippen molar-refractivity contribution in [1.82, 2.24) is 15.5 Å². The lowest BCUT2D eigenvalue weighted by Gasteiger charge is -2.37. The van der Waals surface area contributed by atoms with Crippen LogP contribution in [0, 0.1) is 0 Å². The van der Waals surface area contributed by atoms with Crippen molar-refractivity contribution in [1.29, 1.82) is 0 Å². The van der Waals surface area contributed by atoms with Crippen LogP contribution < -0.4 is 10.6 Å². The number of nitrogens with zero attached hydrogens (tertiary/aromatic N) is 2. The highest BCUT2D eigenvalue weighted by Gasteiger charge is 2.24. The number of guanidine groups is 1. The van der Waals surface area contributed by atoms with Crippen molar-refractivity contribution in [3.8, 4) is 0 Å². The topological polar surface area (TPSA) is 69.1 Å². The van der Waals surface area contributed by atoms with Gasteiger partial charge in [0.2, 0.25) is 0 Å². The van der Waals surface area contributed by atoms with Crippen molar-refractivity contribution in [2.45, 2.75) is 70.7 Å². The highest BCUT2D eigenvalue weighted by atomic mass is 16.5. The number of ether oxygens (including phenoxy) is 1. The maximum atomic E-state index is 9.62. The summed E-state index contributed by atoms with van der Waals surface area (Å²) in [6, 6.07) is 1.30. The van der Waals surface area contributed by atoms with E-state index in [0.717, 1.165) is 64.5 Å². The van der Waals surface area contributed by atoms with Crippen LogP contribution in [-0.2, 0) is 4.74 Å². The third kappa shape index (κ3) is 5.94. The van der Waals surface area contributed by atoms with Crippen LogP contribution in [-0.4, -0.2) is 73.0 Å². The summed E-state index contributed by atoms with van der Waals surface area (Å²) in [7, 11) is 0. The Labute approximate surface area is 140 Å². The van der Waals surface area contributed by atoms with Crippen molar-refractivity contribution in [3.63, 3.8) is 0 Å². The first-order valence-corrected chi connectivity index (χ1v) is 9.16. The Morgan fingerprint density at radius 3 is 2.74 bits per heavy atom. The number of hydrogen-bond donors (Lipinski definition) is 3. The fraction of sp³-hybridized carbons (Fsp3) is 0.941. The summed E-state index contributed by atoms with van der Waals surface area (Å²) in [6.45, 7) is 10.8. The van der Waals surface area contributed by atoms with Crippen molar-refractivity contribution in [2.75, 3.05) is 32.8 Å². The summed E-state index contributed by atoms with van der Waals surface area (Å²) in [6.07, 6.45) is 3.69. The van der Waals surface area contributed by atoms with Crippen LogP contribution in [0.15, 0.2) is 4.99 Å². The lowest BCUT2D eigenvalue weighted by molar-refractivity contribution is -0.0166. The van der Waals surface area contributed by atoms with Gasteiger partial charge in [-0.2, -0.15) is 0 Å². The number of aliphatic hydroxyl groups is 1. The van der Waals surface area contributed by atoms with E-state index < -0.39 is 0 Å². The highest BCUT2D eigenvalue weighted by molar-refractivity contribution is 5.80. The predicted molar refractivity (Wildman–Crippen MR) is 93.8 cm³/mol. The molecule has 1 saturated heterocycles. The number of aliphatic imine (C=N–C) groups is 1. The average molecular weight is 326 g/mol. The summed E-state index contributed by atoms with van der Waals surface area (Å²) in [5.41, 5.74) is 0. The molecule has 3 N–H and O–H groups in total. The molecule has 2 aliphatic rings. The van der Waals surface area contributed by atoms with Crippen LogP contribution in [0.4, 0.5) is 0 Å². The zero-order chi connectivity index (χ0) is 16.7. The zero-order valence-corrected chi connectivity index (χ0v) is 14.9. The van der Waals surface area contributed by atoms with Gasteiger partial charge in [0, 0.05) is 31.2 Å². The Kier molecular flexibility index (Phi) is 7.59. The Morgan fingerprint density at radius 1 is 1.35 bits per heavy atom. The van der Waals surface area contributed by atoms with E-state index in [1.165, 1.54) is 0 Å². The molecule has 23 heavy (non-hydrogen) atoms. The monoisotopic (exact) mass is 326 g/mol. The molecule has 2 atom stereocenters. The molecule has 0 spiro atoms. The normalized spacial score (nSPS) is 31.7. The molecule has 1 heterocycles. The van der Waals surface area contributed by atoms with E-state index >= 15 is 0 Å². The second-order valence-corrected chi connectivity index (χ2v) is 6.88. The standard InChI is InChI=1S/C17H34N4O2/c1-4-18-17(20-15-5-7-16(22)8-6-15)19-11-13(2)21-9-10-23-12-14(21)3/h13-16,22H,4-12H2,1-3H3,(H2,18,19,20). The van der Waals surface area contributed by atoms with E-state index in [9.17, 15) is 5.11 Å². The Bertz CT molecular complexity index is 370. The fourth-order valence-electron chi connectivity index (χ4n) is 3.46. The molecular weight excluding hydrogens is 292 g/mol. The number of nitrogens with one attached hydrogen (secondary N) is 2. The first kappa shape index (κ1) is 18.5. The molecule has 0 amide bonds. The van der Waals surface area contributed by atoms with Gasteiger partial charge >= 0.3 is 0 Å². The lowest BCUT2D eigenvalue weighted by atomic mass is 9.93. The number of morpholine rings is 1. The molecule has 0 radical (unpaired) electrons. The van der Waals surface area contributed by atoms with Gasteiger partial charge < -0.3 is 20.5 Å². The summed E-state index contributed by atoms with van der Waals surface area (Å²) < 4.78 is 5.51. The first-order chi connectivity index (χ1) is 11.1. The van der Waals surface area contributed by atoms with Crippen LogP contribution in [0.1, 0.15) is 46.5 Å². The molecule has 134 valence electrons. The van der Waals surface area contributed by atoms with E-state index in [0.29, 0.717) is 18.1 Å². The molecule has 0 aromatic rings. The van der Waals surface area contributed by atoms with Gasteiger partial charge in [-0.15, -0.1) is 0 Å². The number of aliphatic hydroxyl groups excluding tert-OH is 1. The van der Waals surface area contributed by atoms with E-state index in [2.05, 4.69) is 36.3 Å². The van der Waals surface area contributed by atoms with Gasteiger partial charge in [0.1, 0.15) is 0 Å². The van der Waals surface area contributed by atoms with E-state index in [1.54, 1.807) is 0 Å². The van der Waals surface area contributed by atoms with E-state index in [1.807, 2.05) is 0 Å². The van der Waals surface area contributed by atoms with Crippen molar-refractivity contribution < 1.29 is 9.84 Å². The van der Waals surface area contributed by atoms with Gasteiger partial charge in [-0.3, -0.25) is 9.89 Å². The Balaban J connectivity index is 1.84. The smallest absolute Gasteiger partial charge is 0.191 e. The van der Waals surface area contributed by atoms with Crippen molar-refractivity contribution >= 4 is 5.96 Å². The molecule has 1 saturated carbocycles. The largest absolute Gasteiger partial charge is 0.393 e. The maximum Gasteiger partial charge on any atom is 0.191 e. The first-order valence-electron chi connectivity index (χ1n) is 9.16. The van der Waals surface area contributed by atoms with Gasteiger partial charge in [0.25, 0.3) is 0 Å². The van der Waals surface area contributed by atoms with Crippen LogP contribution in [0.2, 0.25) is 0 Å². The molecule has 2 unspecified atom stereocenters. The third-order valence-corrected chi connectivity index (χ3v) is 4.88. The third-order valence-electron chi connectivity index (χ3n) is 4.88. The minimum absolute atomic E-state index is 0.115. The van der Waals surface area contributed by atoms with Gasteiger partial charge in [-0.1, -0.05) is 0 Å². The minimum atomic E-state index is -0.115. The highest BCUT2D eigenvalue weighted by Crippen LogP contribution is 2.18. The second kappa shape index (κ2) is 9.45. The molecule has 2 fully saturated rings.